The highest BCUT2D eigenvalue weighted by Gasteiger charge is 2.14. The topological polar surface area (TPSA) is 69.7 Å². The van der Waals surface area contributed by atoms with Gasteiger partial charge in [-0.25, -0.2) is 4.98 Å². The number of amides is 1. The molecule has 0 atom stereocenters. The number of nitrogens with one attached hydrogen (secondary N) is 1. The largest absolute Gasteiger partial charge is 0.497 e. The van der Waals surface area contributed by atoms with Crippen LogP contribution in [0, 0.1) is 0 Å². The molecule has 0 aliphatic heterocycles. The van der Waals surface area contributed by atoms with Crippen molar-refractivity contribution in [1.82, 2.24) is 4.98 Å². The summed E-state index contributed by atoms with van der Waals surface area (Å²) in [5, 5.41) is 3.33. The van der Waals surface area contributed by atoms with E-state index in [1.807, 2.05) is 19.9 Å². The van der Waals surface area contributed by atoms with Gasteiger partial charge < -0.3 is 14.2 Å². The van der Waals surface area contributed by atoms with Crippen LogP contribution in [-0.4, -0.2) is 31.2 Å². The summed E-state index contributed by atoms with van der Waals surface area (Å²) < 4.78 is 17.1. The smallest absolute Gasteiger partial charge is 0.257 e. The molecule has 0 saturated heterocycles. The Morgan fingerprint density at radius 2 is 1.81 bits per heavy atom. The van der Waals surface area contributed by atoms with Gasteiger partial charge in [0, 0.05) is 11.6 Å². The van der Waals surface area contributed by atoms with Crippen molar-refractivity contribution in [3.8, 4) is 17.2 Å². The molecular weight excluding hydrogens is 352 g/mol. The highest BCUT2D eigenvalue weighted by molar-refractivity contribution is 7.22. The Morgan fingerprint density at radius 3 is 2.42 bits per heavy atom. The number of carbonyl (C=O) groups excluding carboxylic acids is 1. The molecule has 0 unspecified atom stereocenters. The Hall–Kier alpha value is -2.80. The zero-order valence-electron chi connectivity index (χ0n) is 15.0. The summed E-state index contributed by atoms with van der Waals surface area (Å²) in [6, 6.07) is 10.6. The molecule has 2 aromatic carbocycles. The fraction of sp³-hybridized carbons (Fsp3) is 0.263. The molecule has 0 aliphatic rings. The lowest BCUT2D eigenvalue weighted by atomic mass is 10.2. The van der Waals surface area contributed by atoms with E-state index >= 15 is 0 Å². The molecule has 0 spiro atoms. The van der Waals surface area contributed by atoms with E-state index in [0.717, 1.165) is 10.4 Å². The number of nitrogens with zero attached hydrogens (tertiary/aromatic N) is 1. The highest BCUT2D eigenvalue weighted by atomic mass is 32.1. The number of benzene rings is 2. The molecule has 3 aromatic rings. The number of methoxy groups -OCH3 is 2. The number of rotatable bonds is 6. The number of hydrogen-bond acceptors (Lipinski definition) is 6. The minimum Gasteiger partial charge on any atom is -0.497 e. The molecule has 7 heteroatoms. The predicted molar refractivity (Wildman–Crippen MR) is 103 cm³/mol. The number of hydrogen-bond donors (Lipinski definition) is 1. The molecule has 0 fully saturated rings. The Labute approximate surface area is 155 Å². The molecule has 0 saturated carbocycles. The van der Waals surface area contributed by atoms with Gasteiger partial charge in [-0.05, 0) is 44.2 Å². The van der Waals surface area contributed by atoms with E-state index in [2.05, 4.69) is 10.3 Å². The molecule has 1 heterocycles. The van der Waals surface area contributed by atoms with Crippen LogP contribution < -0.4 is 19.5 Å². The maximum Gasteiger partial charge on any atom is 0.257 e. The van der Waals surface area contributed by atoms with E-state index in [9.17, 15) is 4.79 Å². The van der Waals surface area contributed by atoms with Crippen molar-refractivity contribution in [3.05, 3.63) is 42.0 Å². The van der Waals surface area contributed by atoms with Crippen LogP contribution in [0.1, 0.15) is 24.2 Å². The molecule has 1 aromatic heterocycles. The lowest BCUT2D eigenvalue weighted by Gasteiger charge is -2.09. The molecule has 0 radical (unpaired) electrons. The SMILES string of the molecule is COc1cc(OC)c2nc(NC(=O)c3ccc(OC(C)C)cc3)sc2c1. The maximum absolute atomic E-state index is 12.5. The van der Waals surface area contributed by atoms with Gasteiger partial charge in [-0.1, -0.05) is 11.3 Å². The molecule has 6 nitrogen and oxygen atoms in total. The number of fused-ring (bicyclic) bond motifs is 1. The van der Waals surface area contributed by atoms with Gasteiger partial charge in [-0.3, -0.25) is 10.1 Å². The summed E-state index contributed by atoms with van der Waals surface area (Å²) in [5.41, 5.74) is 1.22. The predicted octanol–water partition coefficient (Wildman–Crippen LogP) is 4.35. The first-order valence-electron chi connectivity index (χ1n) is 8.10. The Kier molecular flexibility index (Phi) is 5.27. The molecule has 0 bridgehead atoms. The van der Waals surface area contributed by atoms with Crippen LogP contribution in [0.4, 0.5) is 5.13 Å². The van der Waals surface area contributed by atoms with Gasteiger partial charge in [0.15, 0.2) is 5.13 Å². The average molecular weight is 372 g/mol. The summed E-state index contributed by atoms with van der Waals surface area (Å²) in [4.78, 5) is 16.9. The average Bonchev–Trinajstić information content (AvgIpc) is 3.03. The second-order valence-electron chi connectivity index (χ2n) is 5.84. The van der Waals surface area contributed by atoms with Crippen LogP contribution in [0.5, 0.6) is 17.2 Å². The zero-order valence-corrected chi connectivity index (χ0v) is 15.8. The van der Waals surface area contributed by atoms with Crippen molar-refractivity contribution in [2.45, 2.75) is 20.0 Å². The zero-order chi connectivity index (χ0) is 18.7. The Balaban J connectivity index is 1.80. The highest BCUT2D eigenvalue weighted by Crippen LogP contribution is 2.36. The van der Waals surface area contributed by atoms with Gasteiger partial charge in [-0.2, -0.15) is 0 Å². The van der Waals surface area contributed by atoms with E-state index < -0.39 is 0 Å². The number of carbonyl (C=O) groups is 1. The maximum atomic E-state index is 12.5. The molecular formula is C19H20N2O4S. The fourth-order valence-electron chi connectivity index (χ4n) is 2.43. The first-order valence-corrected chi connectivity index (χ1v) is 8.92. The minimum atomic E-state index is -0.230. The van der Waals surface area contributed by atoms with Crippen LogP contribution in [0.3, 0.4) is 0 Å². The van der Waals surface area contributed by atoms with Crippen LogP contribution in [-0.2, 0) is 0 Å². The van der Waals surface area contributed by atoms with Crippen molar-refractivity contribution < 1.29 is 19.0 Å². The summed E-state index contributed by atoms with van der Waals surface area (Å²) in [7, 11) is 3.17. The van der Waals surface area contributed by atoms with E-state index in [0.29, 0.717) is 27.7 Å². The summed E-state index contributed by atoms with van der Waals surface area (Å²) in [6.45, 7) is 3.91. The van der Waals surface area contributed by atoms with Gasteiger partial charge >= 0.3 is 0 Å². The molecule has 136 valence electrons. The van der Waals surface area contributed by atoms with Crippen LogP contribution >= 0.6 is 11.3 Å². The van der Waals surface area contributed by atoms with Crippen LogP contribution in [0.15, 0.2) is 36.4 Å². The van der Waals surface area contributed by atoms with Crippen LogP contribution in [0.2, 0.25) is 0 Å². The molecule has 3 rings (SSSR count). The Bertz CT molecular complexity index is 919. The fourth-order valence-corrected chi connectivity index (χ4v) is 3.33. The number of aromatic nitrogens is 1. The third-order valence-corrected chi connectivity index (χ3v) is 4.52. The second-order valence-corrected chi connectivity index (χ2v) is 6.87. The van der Waals surface area contributed by atoms with Crippen molar-refractivity contribution in [2.75, 3.05) is 19.5 Å². The van der Waals surface area contributed by atoms with E-state index in [1.54, 1.807) is 44.6 Å². The number of anilines is 1. The van der Waals surface area contributed by atoms with Crippen molar-refractivity contribution >= 4 is 32.6 Å². The summed E-state index contributed by atoms with van der Waals surface area (Å²) in [6.07, 6.45) is 0.0874. The lowest BCUT2D eigenvalue weighted by Crippen LogP contribution is -2.12. The standard InChI is InChI=1S/C19H20N2O4S/c1-11(2)25-13-7-5-12(6-8-13)18(22)21-19-20-17-15(24-4)9-14(23-3)10-16(17)26-19/h5-11H,1-4H3,(H,20,21,22). The van der Waals surface area contributed by atoms with E-state index in [1.165, 1.54) is 11.3 Å². The quantitative estimate of drug-likeness (QED) is 0.696. The first kappa shape index (κ1) is 18.0. The second kappa shape index (κ2) is 7.61. The number of thiazole rings is 1. The minimum absolute atomic E-state index is 0.0874. The molecule has 26 heavy (non-hydrogen) atoms. The Morgan fingerprint density at radius 1 is 1.08 bits per heavy atom. The first-order chi connectivity index (χ1) is 12.5. The van der Waals surface area contributed by atoms with E-state index in [-0.39, 0.29) is 12.0 Å². The molecule has 1 N–H and O–H groups in total. The van der Waals surface area contributed by atoms with Gasteiger partial charge in [0.05, 0.1) is 25.0 Å². The van der Waals surface area contributed by atoms with Crippen molar-refractivity contribution in [1.29, 1.82) is 0 Å². The molecule has 0 aliphatic carbocycles. The van der Waals surface area contributed by atoms with Crippen molar-refractivity contribution in [2.24, 2.45) is 0 Å². The lowest BCUT2D eigenvalue weighted by molar-refractivity contribution is 0.102. The summed E-state index contributed by atoms with van der Waals surface area (Å²) in [5.74, 6) is 1.78. The summed E-state index contributed by atoms with van der Waals surface area (Å²) >= 11 is 1.36. The van der Waals surface area contributed by atoms with Crippen LogP contribution in [0.25, 0.3) is 10.2 Å². The number of ether oxygens (including phenoxy) is 3. The van der Waals surface area contributed by atoms with Gasteiger partial charge in [-0.15, -0.1) is 0 Å². The van der Waals surface area contributed by atoms with Crippen molar-refractivity contribution in [3.63, 3.8) is 0 Å². The third-order valence-electron chi connectivity index (χ3n) is 3.60. The molecule has 1 amide bonds. The third kappa shape index (κ3) is 3.88. The van der Waals surface area contributed by atoms with Gasteiger partial charge in [0.25, 0.3) is 5.91 Å². The van der Waals surface area contributed by atoms with E-state index in [4.69, 9.17) is 14.2 Å². The van der Waals surface area contributed by atoms with Gasteiger partial charge in [0.2, 0.25) is 0 Å². The normalized spacial score (nSPS) is 10.8. The van der Waals surface area contributed by atoms with Gasteiger partial charge in [0.1, 0.15) is 22.8 Å². The monoisotopic (exact) mass is 372 g/mol.